The third-order valence-electron chi connectivity index (χ3n) is 21.4. The summed E-state index contributed by atoms with van der Waals surface area (Å²) in [4.78, 5) is 10.5. The van der Waals surface area contributed by atoms with Gasteiger partial charge in [0.2, 0.25) is 0 Å². The first-order valence-electron chi connectivity index (χ1n) is 34.3. The molecule has 17 aromatic rings. The molecule has 0 amide bonds. The molecule has 4 heteroatoms. The van der Waals surface area contributed by atoms with Crippen molar-refractivity contribution < 1.29 is 0 Å². The molecule has 4 nitrogen and oxygen atoms in total. The van der Waals surface area contributed by atoms with Crippen LogP contribution >= 0.6 is 0 Å². The van der Waals surface area contributed by atoms with Gasteiger partial charge in [-0.15, -0.1) is 0 Å². The minimum absolute atomic E-state index is 0.604. The molecule has 0 bridgehead atoms. The van der Waals surface area contributed by atoms with Crippen molar-refractivity contribution in [3.8, 4) is 61.6 Å². The van der Waals surface area contributed by atoms with Crippen LogP contribution < -0.4 is 9.80 Å². The van der Waals surface area contributed by atoms with Gasteiger partial charge in [0.1, 0.15) is 5.82 Å². The first kappa shape index (κ1) is 56.5. The molecule has 16 aromatic carbocycles. The van der Waals surface area contributed by atoms with Crippen LogP contribution in [0, 0.1) is 0 Å². The maximum absolute atomic E-state index is 5.73. The molecular formula is C95H62N4. The molecule has 1 aromatic heterocycles. The van der Waals surface area contributed by atoms with E-state index in [1.165, 1.54) is 66.8 Å². The summed E-state index contributed by atoms with van der Waals surface area (Å²) in [6.07, 6.45) is 0. The number of benzene rings is 16. The normalized spacial score (nSPS) is 13.2. The molecule has 99 heavy (non-hydrogen) atoms. The lowest BCUT2D eigenvalue weighted by atomic mass is 9.52. The molecule has 0 unspecified atom stereocenters. The van der Waals surface area contributed by atoms with Gasteiger partial charge in [-0.1, -0.05) is 279 Å². The van der Waals surface area contributed by atoms with E-state index in [0.29, 0.717) is 0 Å². The van der Waals surface area contributed by atoms with E-state index in [9.17, 15) is 0 Å². The number of hydrogen-bond acceptors (Lipinski definition) is 3. The SMILES string of the molecule is c1ccc(N(c2ccccc2)c2ccc(-c3ccc(N(c4ccccc4)c4c5ccccc5c(-c5nc6ccccc6n5-c5ccccc5)c5cc(-c6ccc7c(c6)C6(c8ccccc8-c8ccccc86)c6ccccc6C76c7ccccc7-c7ccccc76)ccc45)cc3)cc2)cc1. The lowest BCUT2D eigenvalue weighted by molar-refractivity contribution is 0.633. The highest BCUT2D eigenvalue weighted by Gasteiger charge is 2.59. The summed E-state index contributed by atoms with van der Waals surface area (Å²) in [6, 6.07) is 140. The summed E-state index contributed by atoms with van der Waals surface area (Å²) in [5.74, 6) is 0.880. The predicted molar refractivity (Wildman–Crippen MR) is 410 cm³/mol. The van der Waals surface area contributed by atoms with Gasteiger partial charge in [0.25, 0.3) is 0 Å². The summed E-state index contributed by atoms with van der Waals surface area (Å²) < 4.78 is 2.37. The quantitative estimate of drug-likeness (QED) is 0.128. The summed E-state index contributed by atoms with van der Waals surface area (Å²) in [5.41, 5.74) is 29.5. The van der Waals surface area contributed by atoms with Gasteiger partial charge >= 0.3 is 0 Å². The summed E-state index contributed by atoms with van der Waals surface area (Å²) in [5, 5.41) is 4.41. The van der Waals surface area contributed by atoms with Crippen LogP contribution in [0.4, 0.5) is 34.1 Å². The molecule has 0 fully saturated rings. The van der Waals surface area contributed by atoms with Crippen molar-refractivity contribution in [2.75, 3.05) is 9.80 Å². The first-order valence-corrected chi connectivity index (χ1v) is 34.3. The smallest absolute Gasteiger partial charge is 0.146 e. The molecule has 3 aliphatic carbocycles. The molecule has 0 saturated carbocycles. The zero-order valence-electron chi connectivity index (χ0n) is 54.1. The molecule has 0 atom stereocenters. The van der Waals surface area contributed by atoms with Crippen LogP contribution in [0.5, 0.6) is 0 Å². The number of nitrogens with zero attached hydrogens (tertiary/aromatic N) is 4. The first-order chi connectivity index (χ1) is 49.1. The molecule has 462 valence electrons. The number of imidazole rings is 1. The second-order valence-corrected chi connectivity index (χ2v) is 26.4. The molecule has 3 aliphatic rings. The van der Waals surface area contributed by atoms with E-state index in [1.54, 1.807) is 0 Å². The van der Waals surface area contributed by atoms with Gasteiger partial charge in [-0.25, -0.2) is 4.98 Å². The van der Waals surface area contributed by atoms with Crippen molar-refractivity contribution >= 4 is 66.7 Å². The van der Waals surface area contributed by atoms with Crippen LogP contribution in [0.15, 0.2) is 376 Å². The number of fused-ring (bicyclic) bond motifs is 19. The maximum atomic E-state index is 5.73. The van der Waals surface area contributed by atoms with Gasteiger partial charge in [0, 0.05) is 50.5 Å². The van der Waals surface area contributed by atoms with Gasteiger partial charge in [0.05, 0.1) is 27.6 Å². The van der Waals surface area contributed by atoms with Crippen molar-refractivity contribution in [2.24, 2.45) is 0 Å². The van der Waals surface area contributed by atoms with E-state index in [2.05, 4.69) is 390 Å². The molecule has 20 rings (SSSR count). The van der Waals surface area contributed by atoms with E-state index < -0.39 is 10.8 Å². The highest BCUT2D eigenvalue weighted by atomic mass is 15.2. The number of rotatable bonds is 10. The van der Waals surface area contributed by atoms with Gasteiger partial charge in [-0.05, 0) is 197 Å². The number of anilines is 6. The van der Waals surface area contributed by atoms with Crippen molar-refractivity contribution in [3.05, 3.63) is 421 Å². The molecule has 1 heterocycles. The van der Waals surface area contributed by atoms with Crippen LogP contribution in [0.1, 0.15) is 44.5 Å². The topological polar surface area (TPSA) is 24.3 Å². The fraction of sp³-hybridized carbons (Fsp3) is 0.0211. The molecule has 0 aliphatic heterocycles. The summed E-state index contributed by atoms with van der Waals surface area (Å²) in [7, 11) is 0. The second-order valence-electron chi connectivity index (χ2n) is 26.4. The third kappa shape index (κ3) is 8.30. The molecule has 0 N–H and O–H groups in total. The van der Waals surface area contributed by atoms with Gasteiger partial charge < -0.3 is 9.80 Å². The van der Waals surface area contributed by atoms with Crippen molar-refractivity contribution in [3.63, 3.8) is 0 Å². The molecule has 2 spiro atoms. The van der Waals surface area contributed by atoms with Crippen LogP contribution in [0.2, 0.25) is 0 Å². The molecule has 0 radical (unpaired) electrons. The maximum Gasteiger partial charge on any atom is 0.146 e. The molecule has 0 saturated heterocycles. The Morgan fingerprint density at radius 1 is 0.242 bits per heavy atom. The standard InChI is InChI=1S/C95H62N4/c1-5-27-67(28-6-1)97(68-29-7-2-8-30-68)71-55-49-63(50-56-71)64-51-57-72(58-52-64)98(69-31-9-3-10-32-69)92-78-40-14-13-39-77(78)91(93-96-89-47-25-26-48-90(89)99(93)70-33-11-4-12-34-70)80-61-65(53-59-79(80)92)66-54-60-87-88(62-66)95(83-43-21-17-37-75(83)76-38-18-22-44-84(76)95)86-46-24-23-45-85(86)94(87)81-41-19-15-35-73(81)74-36-16-20-42-82(74)94/h1-62H. The van der Waals surface area contributed by atoms with Gasteiger partial charge in [-0.2, -0.15) is 0 Å². The minimum Gasteiger partial charge on any atom is -0.311 e. The third-order valence-corrected chi connectivity index (χ3v) is 21.4. The highest BCUT2D eigenvalue weighted by Crippen LogP contribution is 2.68. The Morgan fingerprint density at radius 3 is 1.14 bits per heavy atom. The van der Waals surface area contributed by atoms with E-state index in [0.717, 1.165) is 106 Å². The Balaban J connectivity index is 0.830. The number of para-hydroxylation sites is 6. The van der Waals surface area contributed by atoms with E-state index >= 15 is 0 Å². The van der Waals surface area contributed by atoms with Crippen LogP contribution in [0.25, 0.3) is 94.2 Å². The lowest BCUT2D eigenvalue weighted by Crippen LogP contribution is -2.43. The van der Waals surface area contributed by atoms with Gasteiger partial charge in [-0.3, -0.25) is 4.57 Å². The average molecular weight is 1260 g/mol. The average Bonchev–Trinajstić information content (AvgIpc) is 1.54. The summed E-state index contributed by atoms with van der Waals surface area (Å²) >= 11 is 0. The Labute approximate surface area is 575 Å². The molecular weight excluding hydrogens is 1200 g/mol. The minimum atomic E-state index is -0.653. The number of aromatic nitrogens is 2. The van der Waals surface area contributed by atoms with Crippen LogP contribution in [-0.4, -0.2) is 9.55 Å². The highest BCUT2D eigenvalue weighted by molar-refractivity contribution is 6.23. The lowest BCUT2D eigenvalue weighted by Gasteiger charge is -2.49. The van der Waals surface area contributed by atoms with E-state index in [-0.39, 0.29) is 0 Å². The fourth-order valence-electron chi connectivity index (χ4n) is 17.5. The zero-order valence-corrected chi connectivity index (χ0v) is 54.1. The van der Waals surface area contributed by atoms with Crippen molar-refractivity contribution in [2.45, 2.75) is 10.8 Å². The summed E-state index contributed by atoms with van der Waals surface area (Å²) in [6.45, 7) is 0. The number of hydrogen-bond donors (Lipinski definition) is 0. The Kier molecular flexibility index (Phi) is 12.7. The Bertz CT molecular complexity index is 5910. The second kappa shape index (κ2) is 22.4. The van der Waals surface area contributed by atoms with Crippen molar-refractivity contribution in [1.29, 1.82) is 0 Å². The predicted octanol–water partition coefficient (Wildman–Crippen LogP) is 24.3. The fourth-order valence-corrected chi connectivity index (χ4v) is 17.5. The van der Waals surface area contributed by atoms with Gasteiger partial charge in [0.15, 0.2) is 0 Å². The zero-order chi connectivity index (χ0) is 65.2. The van der Waals surface area contributed by atoms with Crippen LogP contribution in [0.3, 0.4) is 0 Å². The Hall–Kier alpha value is -12.9. The van der Waals surface area contributed by atoms with E-state index in [4.69, 9.17) is 4.98 Å². The Morgan fingerprint density at radius 2 is 0.606 bits per heavy atom. The largest absolute Gasteiger partial charge is 0.311 e. The van der Waals surface area contributed by atoms with E-state index in [1.807, 2.05) is 0 Å². The van der Waals surface area contributed by atoms with Crippen molar-refractivity contribution in [1.82, 2.24) is 9.55 Å². The monoisotopic (exact) mass is 1260 g/mol. The van der Waals surface area contributed by atoms with Crippen LogP contribution in [-0.2, 0) is 10.8 Å².